The summed E-state index contributed by atoms with van der Waals surface area (Å²) in [5.74, 6) is 0. The van der Waals surface area contributed by atoms with E-state index in [1.807, 2.05) is 0 Å². The Bertz CT molecular complexity index is 423. The van der Waals surface area contributed by atoms with E-state index in [1.54, 1.807) is 0 Å². The van der Waals surface area contributed by atoms with Crippen LogP contribution in [0.1, 0.15) is 63.6 Å². The van der Waals surface area contributed by atoms with Crippen molar-refractivity contribution in [2.45, 2.75) is 65.5 Å². The number of rotatable bonds is 5. The molecule has 1 aliphatic rings. The van der Waals surface area contributed by atoms with E-state index >= 15 is 0 Å². The highest BCUT2D eigenvalue weighted by Gasteiger charge is 2.34. The van der Waals surface area contributed by atoms with Crippen LogP contribution in [0.25, 0.3) is 0 Å². The Kier molecular flexibility index (Phi) is 5.45. The molecular weight excluding hydrogens is 256 g/mol. The van der Waals surface area contributed by atoms with Gasteiger partial charge in [-0.05, 0) is 50.8 Å². The second-order valence-electron chi connectivity index (χ2n) is 6.92. The number of aryl methyl sites for hydroxylation is 1. The van der Waals surface area contributed by atoms with Gasteiger partial charge in [0.15, 0.2) is 0 Å². The Morgan fingerprint density at radius 1 is 1.10 bits per heavy atom. The molecule has 1 aromatic rings. The summed E-state index contributed by atoms with van der Waals surface area (Å²) in [6.07, 6.45) is 5.28. The zero-order valence-corrected chi connectivity index (χ0v) is 14.2. The Morgan fingerprint density at radius 3 is 2.10 bits per heavy atom. The van der Waals surface area contributed by atoms with E-state index in [0.717, 1.165) is 0 Å². The van der Waals surface area contributed by atoms with Crippen LogP contribution in [0.5, 0.6) is 0 Å². The fourth-order valence-electron chi connectivity index (χ4n) is 3.66. The minimum Gasteiger partial charge on any atom is -0.323 e. The normalized spacial score (nSPS) is 22.0. The van der Waals surface area contributed by atoms with Crippen LogP contribution in [0.4, 0.5) is 0 Å². The number of nitrogens with two attached hydrogens (primary N) is 1. The first kappa shape index (κ1) is 16.5. The van der Waals surface area contributed by atoms with E-state index in [0.29, 0.717) is 11.5 Å². The van der Waals surface area contributed by atoms with Crippen LogP contribution < -0.4 is 5.73 Å². The third-order valence-corrected chi connectivity index (χ3v) is 5.92. The lowest BCUT2D eigenvalue weighted by atomic mass is 9.74. The molecule has 2 nitrogen and oxygen atoms in total. The van der Waals surface area contributed by atoms with Crippen molar-refractivity contribution in [3.63, 3.8) is 0 Å². The molecule has 1 fully saturated rings. The molecule has 1 heterocycles. The molecular formula is C19H32N2. The average molecular weight is 288 g/mol. The van der Waals surface area contributed by atoms with Gasteiger partial charge >= 0.3 is 0 Å². The molecule has 0 radical (unpaired) electrons. The second kappa shape index (κ2) is 6.93. The molecule has 2 heteroatoms. The predicted molar refractivity (Wildman–Crippen MR) is 91.4 cm³/mol. The molecule has 118 valence electrons. The first-order valence-electron chi connectivity index (χ1n) is 8.57. The van der Waals surface area contributed by atoms with E-state index in [1.165, 1.54) is 49.9 Å². The molecule has 1 aliphatic heterocycles. The van der Waals surface area contributed by atoms with Crippen LogP contribution in [-0.4, -0.2) is 24.0 Å². The zero-order chi connectivity index (χ0) is 15.5. The van der Waals surface area contributed by atoms with Gasteiger partial charge < -0.3 is 5.73 Å². The van der Waals surface area contributed by atoms with Gasteiger partial charge in [-0.25, -0.2) is 0 Å². The highest BCUT2D eigenvalue weighted by molar-refractivity contribution is 5.24. The van der Waals surface area contributed by atoms with Crippen molar-refractivity contribution in [2.75, 3.05) is 13.1 Å². The summed E-state index contributed by atoms with van der Waals surface area (Å²) in [6.45, 7) is 11.5. The number of benzene rings is 1. The topological polar surface area (TPSA) is 29.3 Å². The lowest BCUT2D eigenvalue weighted by Gasteiger charge is -2.44. The summed E-state index contributed by atoms with van der Waals surface area (Å²) in [4.78, 5) is 2.59. The van der Waals surface area contributed by atoms with E-state index in [9.17, 15) is 0 Å². The smallest absolute Gasteiger partial charge is 0.0450 e. The van der Waals surface area contributed by atoms with Crippen molar-refractivity contribution in [1.29, 1.82) is 0 Å². The number of piperidine rings is 1. The third-order valence-electron chi connectivity index (χ3n) is 5.92. The van der Waals surface area contributed by atoms with Gasteiger partial charge in [-0.3, -0.25) is 4.90 Å². The van der Waals surface area contributed by atoms with Gasteiger partial charge in [0, 0.05) is 12.1 Å². The summed E-state index contributed by atoms with van der Waals surface area (Å²) < 4.78 is 0. The molecule has 0 aliphatic carbocycles. The number of hydrogen-bond donors (Lipinski definition) is 1. The van der Waals surface area contributed by atoms with Crippen LogP contribution in [0.15, 0.2) is 24.3 Å². The summed E-state index contributed by atoms with van der Waals surface area (Å²) in [5, 5.41) is 0. The van der Waals surface area contributed by atoms with E-state index in [4.69, 9.17) is 5.73 Å². The lowest BCUT2D eigenvalue weighted by molar-refractivity contribution is 0.0631. The van der Waals surface area contributed by atoms with E-state index in [-0.39, 0.29) is 6.04 Å². The highest BCUT2D eigenvalue weighted by atomic mass is 15.2. The molecule has 21 heavy (non-hydrogen) atoms. The molecule has 2 atom stereocenters. The van der Waals surface area contributed by atoms with Gasteiger partial charge in [-0.15, -0.1) is 0 Å². The van der Waals surface area contributed by atoms with E-state index < -0.39 is 0 Å². The van der Waals surface area contributed by atoms with Gasteiger partial charge in [-0.2, -0.15) is 0 Å². The molecule has 0 bridgehead atoms. The first-order valence-corrected chi connectivity index (χ1v) is 8.57. The van der Waals surface area contributed by atoms with Crippen molar-refractivity contribution < 1.29 is 0 Å². The summed E-state index contributed by atoms with van der Waals surface area (Å²) >= 11 is 0. The monoisotopic (exact) mass is 288 g/mol. The second-order valence-corrected chi connectivity index (χ2v) is 6.92. The number of likely N-dealkylation sites (tertiary alicyclic amines) is 1. The Labute approximate surface area is 130 Å². The van der Waals surface area contributed by atoms with Gasteiger partial charge in [0.05, 0.1) is 0 Å². The highest BCUT2D eigenvalue weighted by Crippen LogP contribution is 2.39. The predicted octanol–water partition coefficient (Wildman–Crippen LogP) is 4.29. The quantitative estimate of drug-likeness (QED) is 0.876. The SMILES string of the molecule is CCC1(CC)CCN(C(C)C(N)c2ccc(C)cc2)CC1. The van der Waals surface area contributed by atoms with Crippen molar-refractivity contribution in [1.82, 2.24) is 4.90 Å². The molecule has 0 aromatic heterocycles. The molecule has 0 saturated carbocycles. The van der Waals surface area contributed by atoms with Gasteiger partial charge in [0.25, 0.3) is 0 Å². The van der Waals surface area contributed by atoms with Gasteiger partial charge in [-0.1, -0.05) is 56.5 Å². The van der Waals surface area contributed by atoms with Crippen molar-refractivity contribution in [2.24, 2.45) is 11.1 Å². The molecule has 2 unspecified atom stereocenters. The minimum absolute atomic E-state index is 0.112. The molecule has 1 saturated heterocycles. The molecule has 1 aromatic carbocycles. The fraction of sp³-hybridized carbons (Fsp3) is 0.684. The number of hydrogen-bond acceptors (Lipinski definition) is 2. The molecule has 2 N–H and O–H groups in total. The molecule has 2 rings (SSSR count). The van der Waals surface area contributed by atoms with Gasteiger partial charge in [0.2, 0.25) is 0 Å². The standard InChI is InChI=1S/C19H32N2/c1-5-19(6-2)11-13-21(14-12-19)16(4)18(20)17-9-7-15(3)8-10-17/h7-10,16,18H,5-6,11-14,20H2,1-4H3. The lowest BCUT2D eigenvalue weighted by Crippen LogP contribution is -2.47. The first-order chi connectivity index (χ1) is 10.0. The summed E-state index contributed by atoms with van der Waals surface area (Å²) in [5.41, 5.74) is 9.66. The van der Waals surface area contributed by atoms with Crippen molar-refractivity contribution >= 4 is 0 Å². The Hall–Kier alpha value is -0.860. The van der Waals surface area contributed by atoms with Crippen LogP contribution in [0.3, 0.4) is 0 Å². The minimum atomic E-state index is 0.112. The van der Waals surface area contributed by atoms with Crippen LogP contribution in [-0.2, 0) is 0 Å². The van der Waals surface area contributed by atoms with Gasteiger partial charge in [0.1, 0.15) is 0 Å². The average Bonchev–Trinajstić information content (AvgIpc) is 2.54. The Morgan fingerprint density at radius 2 is 1.62 bits per heavy atom. The fourth-order valence-corrected chi connectivity index (χ4v) is 3.66. The summed E-state index contributed by atoms with van der Waals surface area (Å²) in [7, 11) is 0. The Balaban J connectivity index is 1.98. The summed E-state index contributed by atoms with van der Waals surface area (Å²) in [6, 6.07) is 9.22. The third kappa shape index (κ3) is 3.67. The van der Waals surface area contributed by atoms with Crippen LogP contribution in [0, 0.1) is 12.3 Å². The maximum absolute atomic E-state index is 6.51. The molecule has 0 spiro atoms. The molecule has 0 amide bonds. The van der Waals surface area contributed by atoms with Crippen molar-refractivity contribution in [3.05, 3.63) is 35.4 Å². The maximum atomic E-state index is 6.51. The van der Waals surface area contributed by atoms with Crippen LogP contribution in [0.2, 0.25) is 0 Å². The van der Waals surface area contributed by atoms with Crippen molar-refractivity contribution in [3.8, 4) is 0 Å². The maximum Gasteiger partial charge on any atom is 0.0450 e. The van der Waals surface area contributed by atoms with Crippen LogP contribution >= 0.6 is 0 Å². The zero-order valence-electron chi connectivity index (χ0n) is 14.2. The largest absolute Gasteiger partial charge is 0.323 e. The van der Waals surface area contributed by atoms with E-state index in [2.05, 4.69) is 56.9 Å². The number of nitrogens with zero attached hydrogens (tertiary/aromatic N) is 1.